The van der Waals surface area contributed by atoms with Crippen LogP contribution in [0.1, 0.15) is 0 Å². The molecule has 0 heterocycles. The predicted octanol–water partition coefficient (Wildman–Crippen LogP) is -0.592. The van der Waals surface area contributed by atoms with Crippen LogP contribution in [0.25, 0.3) is 0 Å². The predicted molar refractivity (Wildman–Crippen MR) is 19.1 cm³/mol. The third kappa shape index (κ3) is 842. The zero-order valence-corrected chi connectivity index (χ0v) is 6.06. The number of hydrogen-bond acceptors (Lipinski definition) is 5. The van der Waals surface area contributed by atoms with Gasteiger partial charge in [0.25, 0.3) is 5.09 Å². The molecule has 0 aliphatic rings. The molecule has 0 aromatic heterocycles. The van der Waals surface area contributed by atoms with Crippen LogP contribution in [0.15, 0.2) is 0 Å². The molecule has 8 nitrogen and oxygen atoms in total. The van der Waals surface area contributed by atoms with Crippen LogP contribution in [0.5, 0.6) is 0 Å². The molecule has 0 aliphatic carbocycles. The summed E-state index contributed by atoms with van der Waals surface area (Å²) in [6.07, 6.45) is 0. The Bertz CT molecular complexity index is 73.7. The summed E-state index contributed by atoms with van der Waals surface area (Å²) < 4.78 is 0. The molecule has 0 spiro atoms. The largest absolute Gasteiger partial charge is 0.356 e. The Morgan fingerprint density at radius 2 is 1.10 bits per heavy atom. The fourth-order valence-electron chi connectivity index (χ4n) is 0. The van der Waals surface area contributed by atoms with E-state index in [1.165, 1.54) is 0 Å². The first-order chi connectivity index (χ1) is 3.46. The van der Waals surface area contributed by atoms with E-state index in [0.29, 0.717) is 0 Å². The summed E-state index contributed by atoms with van der Waals surface area (Å²) in [4.78, 5) is 16.6. The van der Waals surface area contributed by atoms with Crippen molar-refractivity contribution in [3.8, 4) is 0 Å². The van der Waals surface area contributed by atoms with Crippen molar-refractivity contribution in [2.24, 2.45) is 0 Å². The van der Waals surface area contributed by atoms with Gasteiger partial charge in [-0.1, -0.05) is 0 Å². The Balaban J connectivity index is -0.0000000300. The van der Waals surface area contributed by atoms with Crippen LogP contribution in [0.2, 0.25) is 0 Å². The van der Waals surface area contributed by atoms with Crippen LogP contribution in [0, 0.1) is 25.4 Å². The number of hydrogen-bond donors (Lipinski definition) is 1. The molecule has 0 saturated carbocycles. The minimum Gasteiger partial charge on any atom is -0.356 e. The molecule has 0 aliphatic heterocycles. The number of rotatable bonds is 0. The van der Waals surface area contributed by atoms with E-state index in [9.17, 15) is 0 Å². The van der Waals surface area contributed by atoms with Crippen LogP contribution in [0.3, 0.4) is 0 Å². The standard InChI is InChI=1S/Co.HNO3.NO3.Ni/c;2*2-1(3)4;/h;(H,2,3,4);;/q;;-1;. The maximum absolute atomic E-state index is 8.36. The molecule has 0 aromatic rings. The summed E-state index contributed by atoms with van der Waals surface area (Å²) in [7, 11) is 0. The molecule has 67 valence electrons. The van der Waals surface area contributed by atoms with Gasteiger partial charge in [-0.25, -0.2) is 0 Å². The van der Waals surface area contributed by atoms with Crippen LogP contribution in [0.4, 0.5) is 0 Å². The SMILES string of the molecule is O=[N+]([O-])O.O=[N+]([O-])[O-].[Co].[Ni]. The maximum atomic E-state index is 8.36. The molecule has 0 aromatic carbocycles. The summed E-state index contributed by atoms with van der Waals surface area (Å²) in [6.45, 7) is 0. The van der Waals surface area contributed by atoms with Crippen molar-refractivity contribution in [2.45, 2.75) is 0 Å². The summed E-state index contributed by atoms with van der Waals surface area (Å²) in [5, 5.41) is 28.4. The topological polar surface area (TPSA) is 130 Å². The third-order valence-corrected chi connectivity index (χ3v) is 0. The molecule has 0 unspecified atom stereocenters. The van der Waals surface area contributed by atoms with Gasteiger partial charge < -0.3 is 20.5 Å². The second-order valence-electron chi connectivity index (χ2n) is 0.461. The smallest absolute Gasteiger partial charge is 0.291 e. The molecule has 0 bridgehead atoms. The Morgan fingerprint density at radius 1 is 1.10 bits per heavy atom. The van der Waals surface area contributed by atoms with Gasteiger partial charge >= 0.3 is 0 Å². The van der Waals surface area contributed by atoms with Crippen molar-refractivity contribution in [3.63, 3.8) is 0 Å². The van der Waals surface area contributed by atoms with Crippen LogP contribution in [-0.2, 0) is 33.3 Å². The molecular weight excluding hydrogens is 242 g/mol. The van der Waals surface area contributed by atoms with E-state index in [2.05, 4.69) is 0 Å². The van der Waals surface area contributed by atoms with E-state index < -0.39 is 10.2 Å². The third-order valence-electron chi connectivity index (χ3n) is 0. The van der Waals surface area contributed by atoms with Crippen LogP contribution < -0.4 is 0 Å². The van der Waals surface area contributed by atoms with E-state index in [4.69, 9.17) is 30.6 Å². The van der Waals surface area contributed by atoms with Crippen LogP contribution >= 0.6 is 0 Å². The zero-order valence-electron chi connectivity index (χ0n) is 4.03. The van der Waals surface area contributed by atoms with E-state index in [0.717, 1.165) is 0 Å². The fourth-order valence-corrected chi connectivity index (χ4v) is 0. The van der Waals surface area contributed by atoms with Crippen molar-refractivity contribution >= 4 is 0 Å². The molecule has 0 saturated heterocycles. The summed E-state index contributed by atoms with van der Waals surface area (Å²) in [6, 6.07) is 0. The molecule has 0 atom stereocenters. The average molecular weight is 243 g/mol. The van der Waals surface area contributed by atoms with Crippen molar-refractivity contribution in [1.82, 2.24) is 0 Å². The fraction of sp³-hybridized carbons (Fsp3) is 0. The Labute approximate surface area is 74.5 Å². The van der Waals surface area contributed by atoms with Gasteiger partial charge in [-0.3, -0.25) is 0 Å². The zero-order chi connectivity index (χ0) is 7.15. The maximum Gasteiger partial charge on any atom is 0.291 e. The Hall–Kier alpha value is -0.600. The molecule has 10 heteroatoms. The van der Waals surface area contributed by atoms with Gasteiger partial charge in [0, 0.05) is 33.3 Å². The van der Waals surface area contributed by atoms with Crippen molar-refractivity contribution < 1.29 is 48.7 Å². The molecule has 0 amide bonds. The molecule has 1 radical (unpaired) electrons. The van der Waals surface area contributed by atoms with Gasteiger partial charge in [-0.15, -0.1) is 10.1 Å². The summed E-state index contributed by atoms with van der Waals surface area (Å²) in [5.41, 5.74) is 0. The minimum absolute atomic E-state index is 0. The van der Waals surface area contributed by atoms with Gasteiger partial charge in [0.2, 0.25) is 0 Å². The minimum atomic E-state index is -1.75. The van der Waals surface area contributed by atoms with Crippen molar-refractivity contribution in [3.05, 3.63) is 25.4 Å². The second kappa shape index (κ2) is 15.8. The number of nitrogens with zero attached hydrogens (tertiary/aromatic N) is 2. The molecular formula is HCoN2NiO6-. The van der Waals surface area contributed by atoms with Crippen molar-refractivity contribution in [2.75, 3.05) is 0 Å². The van der Waals surface area contributed by atoms with E-state index in [1.807, 2.05) is 0 Å². The van der Waals surface area contributed by atoms with Gasteiger partial charge in [0.15, 0.2) is 0 Å². The second-order valence-corrected chi connectivity index (χ2v) is 0.461. The van der Waals surface area contributed by atoms with Crippen molar-refractivity contribution in [1.29, 1.82) is 0 Å². The first-order valence-electron chi connectivity index (χ1n) is 1.11. The Kier molecular flexibility index (Phi) is 35.9. The van der Waals surface area contributed by atoms with Crippen LogP contribution in [-0.4, -0.2) is 15.4 Å². The van der Waals surface area contributed by atoms with E-state index in [1.54, 1.807) is 0 Å². The van der Waals surface area contributed by atoms with Gasteiger partial charge in [0.1, 0.15) is 0 Å². The molecule has 1 N–H and O–H groups in total. The van der Waals surface area contributed by atoms with E-state index in [-0.39, 0.29) is 33.3 Å². The molecule has 0 fully saturated rings. The monoisotopic (exact) mass is 242 g/mol. The average Bonchev–Trinajstić information content (AvgIpc) is 1.25. The summed E-state index contributed by atoms with van der Waals surface area (Å²) >= 11 is 0. The quantitative estimate of drug-likeness (QED) is 0.343. The van der Waals surface area contributed by atoms with E-state index >= 15 is 0 Å². The Morgan fingerprint density at radius 3 is 1.10 bits per heavy atom. The van der Waals surface area contributed by atoms with Gasteiger partial charge in [0.05, 0.1) is 5.09 Å². The molecule has 10 heavy (non-hydrogen) atoms. The summed E-state index contributed by atoms with van der Waals surface area (Å²) in [5.74, 6) is 0. The molecule has 0 rings (SSSR count). The van der Waals surface area contributed by atoms with Gasteiger partial charge in [-0.2, -0.15) is 0 Å². The first kappa shape index (κ1) is 22.7. The first-order valence-corrected chi connectivity index (χ1v) is 1.11. The normalized spacial score (nSPS) is 4.80. The van der Waals surface area contributed by atoms with Gasteiger partial charge in [-0.05, 0) is 0 Å².